The van der Waals surface area contributed by atoms with Crippen molar-refractivity contribution in [3.63, 3.8) is 0 Å². The molecule has 0 amide bonds. The molecule has 0 aliphatic rings. The molecule has 17 nitrogen and oxygen atoms in total. The molecule has 694 valence electrons. The average Bonchev–Trinajstić information content (AvgIpc) is 1.62. The van der Waals surface area contributed by atoms with Gasteiger partial charge in [-0.15, -0.1) is 107 Å². The first-order valence-electron chi connectivity index (χ1n) is 42.7. The van der Waals surface area contributed by atoms with Crippen molar-refractivity contribution >= 4 is 96.9 Å². The quantitative estimate of drug-likeness (QED) is 0.0320. The van der Waals surface area contributed by atoms with Gasteiger partial charge in [-0.25, -0.2) is 0 Å². The van der Waals surface area contributed by atoms with Crippen LogP contribution in [0.25, 0.3) is 105 Å². The first-order chi connectivity index (χ1) is 62.0. The van der Waals surface area contributed by atoms with Crippen LogP contribution in [0.3, 0.4) is 0 Å². The fourth-order valence-electron chi connectivity index (χ4n) is 17.1. The summed E-state index contributed by atoms with van der Waals surface area (Å²) in [4.78, 5) is 51.3. The summed E-state index contributed by atoms with van der Waals surface area (Å²) in [6.45, 7) is 27.0. The van der Waals surface area contributed by atoms with Crippen LogP contribution in [0.5, 0.6) is 11.5 Å². The summed E-state index contributed by atoms with van der Waals surface area (Å²) < 4.78 is 38.2. The maximum atomic E-state index is 13.6. The molecule has 133 heavy (non-hydrogen) atoms. The van der Waals surface area contributed by atoms with Crippen molar-refractivity contribution in [2.75, 3.05) is 46.4 Å². The molecule has 4 radical (unpaired) electrons. The van der Waals surface area contributed by atoms with E-state index in [-0.39, 0.29) is 111 Å². The number of pyridine rings is 1. The summed E-state index contributed by atoms with van der Waals surface area (Å²) in [7, 11) is 7.13. The third-order valence-corrected chi connectivity index (χ3v) is 26.0. The van der Waals surface area contributed by atoms with E-state index in [1.165, 1.54) is 83.3 Å². The van der Waals surface area contributed by atoms with Crippen LogP contribution in [-0.2, 0) is 99.5 Å². The second kappa shape index (κ2) is 47.0. The number of fused-ring (bicyclic) bond motifs is 3. The van der Waals surface area contributed by atoms with Gasteiger partial charge in [-0.3, -0.25) is 34.5 Å². The number of esters is 2. The summed E-state index contributed by atoms with van der Waals surface area (Å²) in [5, 5.41) is 2.53. The molecule has 0 saturated heterocycles. The zero-order valence-corrected chi connectivity index (χ0v) is 92.3. The summed E-state index contributed by atoms with van der Waals surface area (Å²) in [5.74, 6) is 4.32. The minimum atomic E-state index is -0.883. The maximum Gasteiger partial charge on any atom is 0.311 e. The molecule has 0 fully saturated rings. The van der Waals surface area contributed by atoms with Crippen LogP contribution >= 0.6 is 59.1 Å². The number of nitrogens with zero attached hydrogens (tertiary/aromatic N) is 11. The third kappa shape index (κ3) is 24.3. The van der Waals surface area contributed by atoms with E-state index in [4.69, 9.17) is 23.9 Å². The number of ether oxygens (including phenoxy) is 4. The zero-order chi connectivity index (χ0) is 91.5. The topological polar surface area (TPSA) is 163 Å². The fourth-order valence-corrected chi connectivity index (χ4v) is 20.3. The van der Waals surface area contributed by atoms with Crippen molar-refractivity contribution in [3.05, 3.63) is 350 Å². The number of para-hydroxylation sites is 1. The number of halogens is 3. The summed E-state index contributed by atoms with van der Waals surface area (Å²) in [6.07, 6.45) is 18.7. The number of thiophene rings is 1. The van der Waals surface area contributed by atoms with Crippen LogP contribution in [0, 0.1) is 97.4 Å². The summed E-state index contributed by atoms with van der Waals surface area (Å²) in [6, 6.07) is 81.5. The normalized spacial score (nSPS) is 11.6. The van der Waals surface area contributed by atoms with Crippen molar-refractivity contribution < 1.29 is 109 Å². The Balaban J connectivity index is 0.000000187. The molecule has 0 saturated carbocycles. The summed E-state index contributed by atoms with van der Waals surface area (Å²) >= 11 is 12.6. The molecule has 0 aliphatic heterocycles. The Morgan fingerprint density at radius 1 is 0.489 bits per heavy atom. The van der Waals surface area contributed by atoms with Crippen LogP contribution in [0.2, 0.25) is 0 Å². The number of carbonyl (C=O) groups is 2. The second-order valence-electron chi connectivity index (χ2n) is 33.6. The Morgan fingerprint density at radius 3 is 1.62 bits per heavy atom. The Kier molecular flexibility index (Phi) is 37.2. The Labute approximate surface area is 863 Å². The van der Waals surface area contributed by atoms with Gasteiger partial charge in [0.15, 0.2) is 0 Å². The van der Waals surface area contributed by atoms with Crippen molar-refractivity contribution in [2.24, 2.45) is 10.8 Å². The number of benzene rings is 10. The van der Waals surface area contributed by atoms with Crippen LogP contribution in [-0.4, -0.2) is 101 Å². The molecule has 2 atom stereocenters. The molecular weight excluding hydrogens is 2590 g/mol. The van der Waals surface area contributed by atoms with Gasteiger partial charge in [0.05, 0.1) is 65.4 Å². The molecule has 0 N–H and O–H groups in total. The van der Waals surface area contributed by atoms with Gasteiger partial charge in [-0.1, -0.05) is 135 Å². The van der Waals surface area contributed by atoms with Crippen molar-refractivity contribution in [3.8, 4) is 96.7 Å². The van der Waals surface area contributed by atoms with Gasteiger partial charge in [0.1, 0.15) is 13.2 Å². The van der Waals surface area contributed by atoms with E-state index >= 15 is 0 Å². The molecule has 17 aromatic rings. The molecule has 25 heteroatoms. The predicted octanol–water partition coefficient (Wildman–Crippen LogP) is 26.8. The molecule has 7 heterocycles. The minimum absolute atomic E-state index is 0. The molecule has 10 aromatic carbocycles. The van der Waals surface area contributed by atoms with E-state index in [1.807, 2.05) is 137 Å². The van der Waals surface area contributed by atoms with Gasteiger partial charge >= 0.3 is 11.9 Å². The van der Waals surface area contributed by atoms with E-state index in [0.717, 1.165) is 116 Å². The first-order valence-corrected chi connectivity index (χ1v) is 45.9. The first kappa shape index (κ1) is 105. The predicted molar refractivity (Wildman–Crippen MR) is 532 cm³/mol. The smallest absolute Gasteiger partial charge is 0.311 e. The van der Waals surface area contributed by atoms with E-state index < -0.39 is 10.8 Å². The average molecular weight is 2690 g/mol. The Morgan fingerprint density at radius 2 is 1.05 bits per heavy atom. The van der Waals surface area contributed by atoms with Crippen molar-refractivity contribution in [1.82, 2.24) is 47.8 Å². The standard InChI is InChI=1S/C39H47N2O5.C27H18N3S.C22H18Br2N3.C20H21BrN3O.4Ir/c1-27-24-29(3)34(30(4)25-27)41-21-20-40-35(41)32-14-16-33(17-15-32)45-22-23-46-37(43)39(7,26-38(5,6)36(42)44-8)19-18-28(2)31-12-10-9-11-13-31;1-18-7-6-9-21(23-10-4-5-14-28-23)26(18)30-16-15-29-27(30)19-12-13-25-22(17-19)20-8-2-3-11-24(20)31-25;1-14-11-18(23)13-20(24)21(14)26-10-9-25-22(26)17-5-4-6-19(12-17)27-15(2)7-8-16(27)3;1-13-10-16(23(3)4)11-14(2)19(13)24-9-8-22-20(24)15-6-7-18(25-5)17(21)12-15;;;;/h9-14,16-17,20-21,24-25,28H,18-19,22-23,26H2,1-8H3;2-11,13-17H,1H3;4,6-13H,1-3H3;7-12H,1-5H3;;;;/q4*-1;;;;. The number of rotatable bonds is 24. The second-order valence-corrected chi connectivity index (χ2v) is 37.3. The number of methoxy groups -OCH3 is 2. The molecule has 0 aliphatic carbocycles. The van der Waals surface area contributed by atoms with Crippen LogP contribution in [0.1, 0.15) is 109 Å². The van der Waals surface area contributed by atoms with Crippen LogP contribution in [0.15, 0.2) is 269 Å². The number of imidazole rings is 4. The molecule has 0 spiro atoms. The van der Waals surface area contributed by atoms with Gasteiger partial charge in [0.2, 0.25) is 0 Å². The number of hydrogen-bond acceptors (Lipinski definition) is 13. The zero-order valence-electron chi connectivity index (χ0n) is 77.1. The molecule has 0 bridgehead atoms. The largest absolute Gasteiger partial charge is 0.539 e. The number of carbonyl (C=O) groups excluding carboxylic acids is 2. The van der Waals surface area contributed by atoms with Gasteiger partial charge in [-0.2, -0.15) is 11.3 Å². The van der Waals surface area contributed by atoms with Gasteiger partial charge in [0, 0.05) is 209 Å². The van der Waals surface area contributed by atoms with E-state index in [9.17, 15) is 9.59 Å². The van der Waals surface area contributed by atoms with Crippen LogP contribution in [0.4, 0.5) is 5.69 Å². The van der Waals surface area contributed by atoms with Crippen molar-refractivity contribution in [1.29, 1.82) is 0 Å². The van der Waals surface area contributed by atoms with Crippen LogP contribution < -0.4 is 14.4 Å². The van der Waals surface area contributed by atoms with Gasteiger partial charge < -0.3 is 46.7 Å². The minimum Gasteiger partial charge on any atom is -0.539 e. The van der Waals surface area contributed by atoms with Gasteiger partial charge in [0.25, 0.3) is 0 Å². The van der Waals surface area contributed by atoms with E-state index in [2.05, 4.69) is 330 Å². The van der Waals surface area contributed by atoms with E-state index in [0.29, 0.717) is 18.6 Å². The number of anilines is 1. The van der Waals surface area contributed by atoms with E-state index in [1.54, 1.807) is 30.7 Å². The molecular formula is C108H104Br3Ir4N11O6S-4. The molecule has 7 aromatic heterocycles. The third-order valence-electron chi connectivity index (χ3n) is 23.2. The number of hydrogen-bond donors (Lipinski definition) is 0. The Bertz CT molecular complexity index is 6780. The number of aryl methyl sites for hydroxylation is 9. The molecule has 17 rings (SSSR count). The maximum absolute atomic E-state index is 13.6. The van der Waals surface area contributed by atoms with Gasteiger partial charge in [-0.05, 0) is 238 Å². The van der Waals surface area contributed by atoms with Crippen molar-refractivity contribution in [2.45, 2.75) is 115 Å². The number of aromatic nitrogens is 10. The fraction of sp³-hybridized carbons (Fsp3) is 0.231. The molecule has 2 unspecified atom stereocenters. The Hall–Kier alpha value is -9.93. The monoisotopic (exact) mass is 2690 g/mol. The summed E-state index contributed by atoms with van der Waals surface area (Å²) in [5.41, 5.74) is 22.7. The SMILES string of the molecule is COC(=O)C(C)(C)CC(C)(CCC(C)c1ccccc1)C(=O)OCCOc1c[c-]c(-c2nccn2-c2c(C)cc(C)cc2C)cc1.COc1c[c-]c(-c2nccn2-c2c(C)cc(N(C)C)cc2C)cc1Br.Cc1cc(Br)cc(Br)c1-n1ccnc1-c1[c-]ccc(-n2c(C)ccc2C)c1.Cc1cccc(-c2ccccn2)c1-n1ccnc1-c1[c-]cc2sc3ccccc3c2c1.[Ir].[Ir].[Ir].[Ir].